The van der Waals surface area contributed by atoms with Crippen molar-refractivity contribution in [3.8, 4) is 0 Å². The summed E-state index contributed by atoms with van der Waals surface area (Å²) in [5.74, 6) is 1.74. The third kappa shape index (κ3) is 2.92. The van der Waals surface area contributed by atoms with Gasteiger partial charge >= 0.3 is 0 Å². The molecule has 1 heterocycles. The molecule has 24 heavy (non-hydrogen) atoms. The summed E-state index contributed by atoms with van der Waals surface area (Å²) in [7, 11) is 0. The Labute approximate surface area is 141 Å². The van der Waals surface area contributed by atoms with Crippen molar-refractivity contribution in [3.63, 3.8) is 0 Å². The van der Waals surface area contributed by atoms with E-state index in [9.17, 15) is 9.59 Å². The molecule has 4 aliphatic carbocycles. The van der Waals surface area contributed by atoms with Gasteiger partial charge in [-0.3, -0.25) is 30.4 Å². The lowest BCUT2D eigenvalue weighted by Gasteiger charge is -2.55. The van der Waals surface area contributed by atoms with Crippen molar-refractivity contribution < 1.29 is 9.59 Å². The Morgan fingerprint density at radius 2 is 1.71 bits per heavy atom. The fraction of sp³-hybridized carbons (Fsp3) is 0.556. The largest absolute Gasteiger partial charge is 0.273 e. The molecular formula is C18H22N4O2. The van der Waals surface area contributed by atoms with Gasteiger partial charge in [0.15, 0.2) is 0 Å². The second kappa shape index (κ2) is 6.00. The van der Waals surface area contributed by atoms with Crippen molar-refractivity contribution in [2.45, 2.75) is 38.5 Å². The van der Waals surface area contributed by atoms with Gasteiger partial charge in [0.25, 0.3) is 5.91 Å². The number of amides is 2. The molecule has 4 aliphatic rings. The number of hydrogen-bond donors (Lipinski definition) is 2. The average molecular weight is 326 g/mol. The predicted octanol–water partition coefficient (Wildman–Crippen LogP) is 1.85. The Bertz CT molecular complexity index is 636. The fourth-order valence-corrected chi connectivity index (χ4v) is 5.24. The van der Waals surface area contributed by atoms with Crippen molar-refractivity contribution in [2.75, 3.05) is 0 Å². The van der Waals surface area contributed by atoms with E-state index in [1.54, 1.807) is 24.7 Å². The molecule has 5 rings (SSSR count). The molecule has 6 nitrogen and oxygen atoms in total. The summed E-state index contributed by atoms with van der Waals surface area (Å²) < 4.78 is 0. The van der Waals surface area contributed by atoms with E-state index in [0.717, 1.165) is 19.3 Å². The standard InChI is InChI=1S/C18H22N4O2/c23-16(2-1-15-11-19-3-4-20-15)21-22-17(24)18-8-12-5-13(9-18)7-14(6-12)10-18/h1-4,11-14H,5-10H2,(H,21,23)(H,22,24). The first-order valence-electron chi connectivity index (χ1n) is 8.67. The maximum absolute atomic E-state index is 12.7. The monoisotopic (exact) mass is 326 g/mol. The Morgan fingerprint density at radius 1 is 1.04 bits per heavy atom. The van der Waals surface area contributed by atoms with Gasteiger partial charge in [-0.05, 0) is 62.4 Å². The van der Waals surface area contributed by atoms with Gasteiger partial charge in [-0.25, -0.2) is 0 Å². The van der Waals surface area contributed by atoms with Crippen molar-refractivity contribution >= 4 is 17.9 Å². The zero-order valence-electron chi connectivity index (χ0n) is 13.6. The van der Waals surface area contributed by atoms with Crippen LogP contribution >= 0.6 is 0 Å². The van der Waals surface area contributed by atoms with Gasteiger partial charge < -0.3 is 0 Å². The Kier molecular flexibility index (Phi) is 3.82. The van der Waals surface area contributed by atoms with Crippen LogP contribution in [-0.4, -0.2) is 21.8 Å². The first kappa shape index (κ1) is 15.3. The summed E-state index contributed by atoms with van der Waals surface area (Å²) in [6.45, 7) is 0. The predicted molar refractivity (Wildman–Crippen MR) is 88.0 cm³/mol. The number of carbonyl (C=O) groups is 2. The summed E-state index contributed by atoms with van der Waals surface area (Å²) in [6, 6.07) is 0. The lowest BCUT2D eigenvalue weighted by molar-refractivity contribution is -0.148. The summed E-state index contributed by atoms with van der Waals surface area (Å²) in [5, 5.41) is 0. The van der Waals surface area contributed by atoms with Crippen molar-refractivity contribution in [3.05, 3.63) is 30.4 Å². The van der Waals surface area contributed by atoms with Crippen LogP contribution in [0.5, 0.6) is 0 Å². The SMILES string of the molecule is O=C(C=Cc1cnccn1)NNC(=O)C12CC3CC(CC(C3)C1)C2. The molecule has 4 bridgehead atoms. The van der Waals surface area contributed by atoms with Crippen molar-refractivity contribution in [1.29, 1.82) is 0 Å². The van der Waals surface area contributed by atoms with Crippen molar-refractivity contribution in [1.82, 2.24) is 20.8 Å². The normalized spacial score (nSPS) is 33.6. The summed E-state index contributed by atoms with van der Waals surface area (Å²) in [6.07, 6.45) is 14.4. The topological polar surface area (TPSA) is 84.0 Å². The minimum atomic E-state index is -0.362. The number of carbonyl (C=O) groups excluding carboxylic acids is 2. The molecule has 0 atom stereocenters. The van der Waals surface area contributed by atoms with Crippen LogP contribution in [0.2, 0.25) is 0 Å². The van der Waals surface area contributed by atoms with Gasteiger partial charge in [-0.2, -0.15) is 0 Å². The average Bonchev–Trinajstić information content (AvgIpc) is 2.57. The number of nitrogens with one attached hydrogen (secondary N) is 2. The first-order chi connectivity index (χ1) is 11.6. The van der Waals surface area contributed by atoms with E-state index < -0.39 is 0 Å². The van der Waals surface area contributed by atoms with Crippen LogP contribution in [0.4, 0.5) is 0 Å². The minimum absolute atomic E-state index is 0.0112. The molecule has 0 saturated heterocycles. The summed E-state index contributed by atoms with van der Waals surface area (Å²) in [4.78, 5) is 32.6. The highest BCUT2D eigenvalue weighted by molar-refractivity contribution is 5.93. The molecule has 1 aromatic rings. The quantitative estimate of drug-likeness (QED) is 0.656. The van der Waals surface area contributed by atoms with E-state index in [1.807, 2.05) is 0 Å². The molecule has 0 spiro atoms. The van der Waals surface area contributed by atoms with Crippen LogP contribution in [-0.2, 0) is 9.59 Å². The molecule has 1 aromatic heterocycles. The third-order valence-corrected chi connectivity index (χ3v) is 5.81. The van der Waals surface area contributed by atoms with Crippen molar-refractivity contribution in [2.24, 2.45) is 23.2 Å². The van der Waals surface area contributed by atoms with Crippen LogP contribution in [0.15, 0.2) is 24.7 Å². The molecule has 126 valence electrons. The smallest absolute Gasteiger partial charge is 0.262 e. The zero-order chi connectivity index (χ0) is 16.6. The molecule has 0 radical (unpaired) electrons. The van der Waals surface area contributed by atoms with E-state index in [-0.39, 0.29) is 17.2 Å². The number of hydrazine groups is 1. The van der Waals surface area contributed by atoms with Gasteiger partial charge in [-0.15, -0.1) is 0 Å². The lowest BCUT2D eigenvalue weighted by Crippen LogP contribution is -2.56. The highest BCUT2D eigenvalue weighted by Crippen LogP contribution is 2.59. The molecule has 0 aromatic carbocycles. The molecule has 4 saturated carbocycles. The Morgan fingerprint density at radius 3 is 2.29 bits per heavy atom. The maximum Gasteiger partial charge on any atom is 0.262 e. The molecular weight excluding hydrogens is 304 g/mol. The van der Waals surface area contributed by atoms with Crippen LogP contribution < -0.4 is 10.9 Å². The Balaban J connectivity index is 1.33. The number of hydrogen-bond acceptors (Lipinski definition) is 4. The van der Waals surface area contributed by atoms with Gasteiger partial charge in [-0.1, -0.05) is 0 Å². The first-order valence-corrected chi connectivity index (χ1v) is 8.67. The number of nitrogens with zero attached hydrogens (tertiary/aromatic N) is 2. The van der Waals surface area contributed by atoms with E-state index in [0.29, 0.717) is 23.4 Å². The maximum atomic E-state index is 12.7. The van der Waals surface area contributed by atoms with E-state index in [2.05, 4.69) is 20.8 Å². The van der Waals surface area contributed by atoms with Gasteiger partial charge in [0, 0.05) is 18.5 Å². The van der Waals surface area contributed by atoms with Gasteiger partial charge in [0.2, 0.25) is 5.91 Å². The summed E-state index contributed by atoms with van der Waals surface area (Å²) in [5.41, 5.74) is 5.50. The second-order valence-electron chi connectivity index (χ2n) is 7.60. The highest BCUT2D eigenvalue weighted by Gasteiger charge is 2.54. The molecule has 0 aliphatic heterocycles. The van der Waals surface area contributed by atoms with Crippen LogP contribution in [0.3, 0.4) is 0 Å². The van der Waals surface area contributed by atoms with Crippen LogP contribution in [0.25, 0.3) is 6.08 Å². The second-order valence-corrected chi connectivity index (χ2v) is 7.60. The van der Waals surface area contributed by atoms with Crippen LogP contribution in [0, 0.1) is 23.2 Å². The molecule has 2 N–H and O–H groups in total. The lowest BCUT2D eigenvalue weighted by atomic mass is 9.49. The van der Waals surface area contributed by atoms with E-state index in [4.69, 9.17) is 0 Å². The number of rotatable bonds is 3. The van der Waals surface area contributed by atoms with Gasteiger partial charge in [0.05, 0.1) is 17.3 Å². The fourth-order valence-electron chi connectivity index (χ4n) is 5.24. The zero-order valence-corrected chi connectivity index (χ0v) is 13.6. The van der Waals surface area contributed by atoms with Gasteiger partial charge in [0.1, 0.15) is 0 Å². The Hall–Kier alpha value is -2.24. The molecule has 2 amide bonds. The molecule has 4 fully saturated rings. The van der Waals surface area contributed by atoms with Crippen LogP contribution in [0.1, 0.15) is 44.2 Å². The third-order valence-electron chi connectivity index (χ3n) is 5.81. The number of aromatic nitrogens is 2. The highest BCUT2D eigenvalue weighted by atomic mass is 16.2. The molecule has 0 unspecified atom stereocenters. The van der Waals surface area contributed by atoms with E-state index >= 15 is 0 Å². The summed E-state index contributed by atoms with van der Waals surface area (Å²) >= 11 is 0. The minimum Gasteiger partial charge on any atom is -0.273 e. The molecule has 6 heteroatoms. The van der Waals surface area contributed by atoms with E-state index in [1.165, 1.54) is 25.3 Å².